The second-order valence-corrected chi connectivity index (χ2v) is 4.61. The zero-order valence-electron chi connectivity index (χ0n) is 9.84. The molecule has 0 aromatic heterocycles. The molecule has 0 amide bonds. The fourth-order valence-electron chi connectivity index (χ4n) is 2.26. The van der Waals surface area contributed by atoms with Crippen LogP contribution in [0.1, 0.15) is 31.2 Å². The molecule has 1 aliphatic rings. The Balaban J connectivity index is 1.74. The van der Waals surface area contributed by atoms with Crippen molar-refractivity contribution in [2.45, 2.75) is 38.4 Å². The van der Waals surface area contributed by atoms with E-state index in [1.807, 2.05) is 30.3 Å². The average Bonchev–Trinajstić information content (AvgIpc) is 2.38. The van der Waals surface area contributed by atoms with Crippen molar-refractivity contribution in [1.29, 1.82) is 0 Å². The molecule has 1 N–H and O–H groups in total. The van der Waals surface area contributed by atoms with E-state index in [1.54, 1.807) is 0 Å². The summed E-state index contributed by atoms with van der Waals surface area (Å²) in [6.07, 6.45) is 3.45. The van der Waals surface area contributed by atoms with Gasteiger partial charge in [0.05, 0.1) is 18.6 Å². The first-order valence-electron chi connectivity index (χ1n) is 6.14. The molecule has 1 fully saturated rings. The van der Waals surface area contributed by atoms with Gasteiger partial charge in [-0.1, -0.05) is 30.3 Å². The molecule has 0 spiro atoms. The number of hydrogen-bond donors (Lipinski definition) is 1. The Kier molecular flexibility index (Phi) is 4.15. The maximum absolute atomic E-state index is 10.8. The summed E-state index contributed by atoms with van der Waals surface area (Å²) in [5.74, 6) is -0.821. The smallest absolute Gasteiger partial charge is 0.306 e. The van der Waals surface area contributed by atoms with Crippen LogP contribution >= 0.6 is 0 Å². The fourth-order valence-corrected chi connectivity index (χ4v) is 2.26. The molecule has 92 valence electrons. The van der Waals surface area contributed by atoms with Gasteiger partial charge >= 0.3 is 5.97 Å². The molecule has 3 nitrogen and oxygen atoms in total. The van der Waals surface area contributed by atoms with Gasteiger partial charge in [-0.3, -0.25) is 4.79 Å². The fraction of sp³-hybridized carbons (Fsp3) is 0.500. The van der Waals surface area contributed by atoms with E-state index in [1.165, 1.54) is 5.56 Å². The minimum Gasteiger partial charge on any atom is -0.481 e. The number of benzene rings is 1. The van der Waals surface area contributed by atoms with E-state index in [0.29, 0.717) is 6.61 Å². The van der Waals surface area contributed by atoms with Crippen molar-refractivity contribution < 1.29 is 14.6 Å². The Bertz CT molecular complexity index is 353. The molecule has 17 heavy (non-hydrogen) atoms. The first-order chi connectivity index (χ1) is 8.25. The van der Waals surface area contributed by atoms with Crippen LogP contribution in [0.25, 0.3) is 0 Å². The predicted octanol–water partition coefficient (Wildman–Crippen LogP) is 2.85. The van der Waals surface area contributed by atoms with Gasteiger partial charge in [-0.15, -0.1) is 0 Å². The Morgan fingerprint density at radius 1 is 1.18 bits per heavy atom. The first-order valence-corrected chi connectivity index (χ1v) is 6.14. The van der Waals surface area contributed by atoms with Gasteiger partial charge in [0, 0.05) is 0 Å². The van der Waals surface area contributed by atoms with Crippen molar-refractivity contribution in [2.75, 3.05) is 0 Å². The Morgan fingerprint density at radius 3 is 2.41 bits per heavy atom. The van der Waals surface area contributed by atoms with Crippen LogP contribution in [0.2, 0.25) is 0 Å². The van der Waals surface area contributed by atoms with E-state index in [2.05, 4.69) is 0 Å². The van der Waals surface area contributed by atoms with Gasteiger partial charge in [0.25, 0.3) is 0 Å². The summed E-state index contributed by atoms with van der Waals surface area (Å²) in [6, 6.07) is 10.1. The Labute approximate surface area is 101 Å². The third kappa shape index (κ3) is 3.56. The maximum Gasteiger partial charge on any atom is 0.306 e. The molecule has 0 aliphatic heterocycles. The molecule has 1 saturated carbocycles. The third-order valence-corrected chi connectivity index (χ3v) is 3.35. The minimum atomic E-state index is -0.661. The second-order valence-electron chi connectivity index (χ2n) is 4.61. The average molecular weight is 234 g/mol. The number of aliphatic carboxylic acids is 1. The van der Waals surface area contributed by atoms with Gasteiger partial charge < -0.3 is 9.84 Å². The molecule has 0 atom stereocenters. The molecule has 0 radical (unpaired) electrons. The molecule has 0 heterocycles. The summed E-state index contributed by atoms with van der Waals surface area (Å²) in [7, 11) is 0. The van der Waals surface area contributed by atoms with Crippen LogP contribution in [-0.4, -0.2) is 17.2 Å². The summed E-state index contributed by atoms with van der Waals surface area (Å²) in [5, 5.41) is 8.89. The number of hydrogen-bond acceptors (Lipinski definition) is 2. The van der Waals surface area contributed by atoms with Gasteiger partial charge in [-0.25, -0.2) is 0 Å². The Hall–Kier alpha value is -1.35. The highest BCUT2D eigenvalue weighted by atomic mass is 16.5. The van der Waals surface area contributed by atoms with E-state index in [0.717, 1.165) is 25.7 Å². The van der Waals surface area contributed by atoms with E-state index < -0.39 is 5.97 Å². The van der Waals surface area contributed by atoms with E-state index in [9.17, 15) is 4.79 Å². The van der Waals surface area contributed by atoms with Crippen LogP contribution in [-0.2, 0) is 16.1 Å². The summed E-state index contributed by atoms with van der Waals surface area (Å²) < 4.78 is 5.80. The highest BCUT2D eigenvalue weighted by molar-refractivity contribution is 5.70. The SMILES string of the molecule is O=C(O)[C@H]1CC[C@H](OCc2ccccc2)CC1. The molecule has 3 heteroatoms. The third-order valence-electron chi connectivity index (χ3n) is 3.35. The van der Waals surface area contributed by atoms with Crippen molar-refractivity contribution in [3.8, 4) is 0 Å². The number of carbonyl (C=O) groups is 1. The van der Waals surface area contributed by atoms with E-state index >= 15 is 0 Å². The Morgan fingerprint density at radius 2 is 1.82 bits per heavy atom. The number of rotatable bonds is 4. The summed E-state index contributed by atoms with van der Waals surface area (Å²) in [4.78, 5) is 10.8. The van der Waals surface area contributed by atoms with E-state index in [4.69, 9.17) is 9.84 Å². The molecular weight excluding hydrogens is 216 g/mol. The second kappa shape index (κ2) is 5.82. The number of carboxylic acids is 1. The van der Waals surface area contributed by atoms with Crippen molar-refractivity contribution in [1.82, 2.24) is 0 Å². The van der Waals surface area contributed by atoms with Gasteiger partial charge in [0.2, 0.25) is 0 Å². The lowest BCUT2D eigenvalue weighted by Gasteiger charge is -2.26. The molecule has 1 aromatic carbocycles. The highest BCUT2D eigenvalue weighted by Gasteiger charge is 2.26. The van der Waals surface area contributed by atoms with Crippen LogP contribution in [0, 0.1) is 5.92 Å². The zero-order valence-corrected chi connectivity index (χ0v) is 9.84. The lowest BCUT2D eigenvalue weighted by Crippen LogP contribution is -2.25. The molecule has 1 aliphatic carbocycles. The highest BCUT2D eigenvalue weighted by Crippen LogP contribution is 2.26. The minimum absolute atomic E-state index is 0.161. The van der Waals surface area contributed by atoms with Gasteiger partial charge in [0.15, 0.2) is 0 Å². The largest absolute Gasteiger partial charge is 0.481 e. The summed E-state index contributed by atoms with van der Waals surface area (Å²) in [6.45, 7) is 0.628. The molecular formula is C14H18O3. The van der Waals surface area contributed by atoms with Crippen LogP contribution in [0.4, 0.5) is 0 Å². The molecule has 2 rings (SSSR count). The van der Waals surface area contributed by atoms with E-state index in [-0.39, 0.29) is 12.0 Å². The molecule has 0 saturated heterocycles. The van der Waals surface area contributed by atoms with Crippen molar-refractivity contribution in [3.05, 3.63) is 35.9 Å². The standard InChI is InChI=1S/C14H18O3/c15-14(16)12-6-8-13(9-7-12)17-10-11-4-2-1-3-5-11/h1-5,12-13H,6-10H2,(H,15,16)/t12-,13-. The quantitative estimate of drug-likeness (QED) is 0.871. The molecule has 0 bridgehead atoms. The van der Waals surface area contributed by atoms with Crippen molar-refractivity contribution in [2.24, 2.45) is 5.92 Å². The van der Waals surface area contributed by atoms with Crippen LogP contribution in [0.3, 0.4) is 0 Å². The van der Waals surface area contributed by atoms with Gasteiger partial charge in [0.1, 0.15) is 0 Å². The maximum atomic E-state index is 10.8. The van der Waals surface area contributed by atoms with Crippen molar-refractivity contribution in [3.63, 3.8) is 0 Å². The monoisotopic (exact) mass is 234 g/mol. The molecule has 1 aromatic rings. The van der Waals surface area contributed by atoms with Crippen molar-refractivity contribution >= 4 is 5.97 Å². The molecule has 0 unspecified atom stereocenters. The number of ether oxygens (including phenoxy) is 1. The lowest BCUT2D eigenvalue weighted by molar-refractivity contribution is -0.143. The summed E-state index contributed by atoms with van der Waals surface area (Å²) in [5.41, 5.74) is 1.17. The van der Waals surface area contributed by atoms with Gasteiger partial charge in [-0.2, -0.15) is 0 Å². The zero-order chi connectivity index (χ0) is 12.1. The van der Waals surface area contributed by atoms with Crippen LogP contribution in [0.15, 0.2) is 30.3 Å². The number of carboxylic acid groups (broad SMARTS) is 1. The topological polar surface area (TPSA) is 46.5 Å². The first kappa shape index (κ1) is 12.1. The summed E-state index contributed by atoms with van der Waals surface area (Å²) >= 11 is 0. The normalized spacial score (nSPS) is 24.5. The van der Waals surface area contributed by atoms with Crippen LogP contribution in [0.5, 0.6) is 0 Å². The lowest BCUT2D eigenvalue weighted by atomic mass is 9.87. The predicted molar refractivity (Wildman–Crippen MR) is 64.6 cm³/mol. The van der Waals surface area contributed by atoms with Crippen LogP contribution < -0.4 is 0 Å². The van der Waals surface area contributed by atoms with Gasteiger partial charge in [-0.05, 0) is 31.2 Å².